The smallest absolute Gasteiger partial charge is 0.136 e. The number of nitriles is 1. The van der Waals surface area contributed by atoms with Crippen LogP contribution in [0, 0.1) is 11.3 Å². The third-order valence-electron chi connectivity index (χ3n) is 2.43. The van der Waals surface area contributed by atoms with Gasteiger partial charge in [0.1, 0.15) is 16.9 Å². The normalized spacial score (nSPS) is 10.5. The molecule has 1 aromatic rings. The molecule has 0 aliphatic carbocycles. The van der Waals surface area contributed by atoms with Crippen molar-refractivity contribution in [2.24, 2.45) is 4.99 Å². The molecule has 0 radical (unpaired) electrons. The van der Waals surface area contributed by atoms with Gasteiger partial charge in [0.2, 0.25) is 0 Å². The second kappa shape index (κ2) is 6.30. The summed E-state index contributed by atoms with van der Waals surface area (Å²) in [4.78, 5) is 6.30. The summed E-state index contributed by atoms with van der Waals surface area (Å²) in [5.41, 5.74) is 1.62. The number of thiophene rings is 1. The molecule has 0 aliphatic heterocycles. The summed E-state index contributed by atoms with van der Waals surface area (Å²) < 4.78 is 13.5. The maximum absolute atomic E-state index is 13.5. The minimum atomic E-state index is -0.558. The molecule has 5 heteroatoms. The molecule has 1 heterocycles. The summed E-state index contributed by atoms with van der Waals surface area (Å²) in [6.07, 6.45) is 2.22. The molecule has 0 fully saturated rings. The zero-order valence-electron chi connectivity index (χ0n) is 11.3. The van der Waals surface area contributed by atoms with E-state index >= 15 is 0 Å². The SMILES string of the molecule is C=C(F)c1sc(/N=C/N(C)C)c(C#N)c1C(=C)CC. The van der Waals surface area contributed by atoms with Crippen LogP contribution in [-0.4, -0.2) is 25.3 Å². The third-order valence-corrected chi connectivity index (χ3v) is 3.57. The Bertz CT molecular complexity index is 576. The zero-order chi connectivity index (χ0) is 14.6. The Morgan fingerprint density at radius 2 is 2.16 bits per heavy atom. The third kappa shape index (κ3) is 3.30. The number of hydrogen-bond acceptors (Lipinski definition) is 3. The molecule has 0 saturated carbocycles. The molecule has 0 N–H and O–H groups in total. The van der Waals surface area contributed by atoms with E-state index in [1.54, 1.807) is 11.2 Å². The molecule has 100 valence electrons. The van der Waals surface area contributed by atoms with Gasteiger partial charge in [-0.05, 0) is 12.0 Å². The van der Waals surface area contributed by atoms with Crippen LogP contribution in [0.1, 0.15) is 29.3 Å². The Hall–Kier alpha value is -1.93. The molecule has 3 nitrogen and oxygen atoms in total. The Balaban J connectivity index is 3.48. The van der Waals surface area contributed by atoms with Crippen molar-refractivity contribution in [3.8, 4) is 6.07 Å². The van der Waals surface area contributed by atoms with Crippen LogP contribution in [-0.2, 0) is 0 Å². The van der Waals surface area contributed by atoms with E-state index in [4.69, 9.17) is 0 Å². The average Bonchev–Trinajstić information content (AvgIpc) is 2.73. The van der Waals surface area contributed by atoms with Crippen LogP contribution in [0.4, 0.5) is 9.39 Å². The van der Waals surface area contributed by atoms with Crippen molar-refractivity contribution in [1.82, 2.24) is 4.90 Å². The summed E-state index contributed by atoms with van der Waals surface area (Å²) in [6.45, 7) is 9.12. The largest absolute Gasteiger partial charge is 0.369 e. The van der Waals surface area contributed by atoms with Crippen LogP contribution in [0.5, 0.6) is 0 Å². The number of nitrogens with zero attached hydrogens (tertiary/aromatic N) is 3. The summed E-state index contributed by atoms with van der Waals surface area (Å²) in [6, 6.07) is 2.09. The van der Waals surface area contributed by atoms with E-state index in [9.17, 15) is 9.65 Å². The monoisotopic (exact) mass is 277 g/mol. The first kappa shape index (κ1) is 15.1. The highest BCUT2D eigenvalue weighted by atomic mass is 32.1. The van der Waals surface area contributed by atoms with Gasteiger partial charge >= 0.3 is 0 Å². The van der Waals surface area contributed by atoms with Crippen molar-refractivity contribution < 1.29 is 4.39 Å². The number of rotatable bonds is 5. The number of halogens is 1. The summed E-state index contributed by atoms with van der Waals surface area (Å²) in [5.74, 6) is -0.558. The molecule has 19 heavy (non-hydrogen) atoms. The first-order chi connectivity index (χ1) is 8.92. The molecule has 0 bridgehead atoms. The molecule has 0 aromatic carbocycles. The molecule has 0 spiro atoms. The predicted molar refractivity (Wildman–Crippen MR) is 80.3 cm³/mol. The van der Waals surface area contributed by atoms with Gasteiger partial charge in [-0.25, -0.2) is 9.38 Å². The zero-order valence-corrected chi connectivity index (χ0v) is 12.1. The summed E-state index contributed by atoms with van der Waals surface area (Å²) >= 11 is 1.12. The Morgan fingerprint density at radius 1 is 1.53 bits per heavy atom. The number of aliphatic imine (C=N–C) groups is 1. The fourth-order valence-electron chi connectivity index (χ4n) is 1.49. The van der Waals surface area contributed by atoms with Gasteiger partial charge in [0, 0.05) is 19.7 Å². The van der Waals surface area contributed by atoms with Gasteiger partial charge in [0.25, 0.3) is 0 Å². The van der Waals surface area contributed by atoms with Crippen LogP contribution in [0.25, 0.3) is 11.4 Å². The van der Waals surface area contributed by atoms with Crippen LogP contribution in [0.15, 0.2) is 18.2 Å². The highest BCUT2D eigenvalue weighted by Gasteiger charge is 2.21. The first-order valence-electron chi connectivity index (χ1n) is 5.72. The van der Waals surface area contributed by atoms with Crippen LogP contribution in [0.3, 0.4) is 0 Å². The molecule has 1 rings (SSSR count). The van der Waals surface area contributed by atoms with E-state index in [2.05, 4.69) is 24.2 Å². The lowest BCUT2D eigenvalue weighted by Gasteiger charge is -2.03. The number of hydrogen-bond donors (Lipinski definition) is 0. The van der Waals surface area contributed by atoms with E-state index in [0.717, 1.165) is 11.3 Å². The lowest BCUT2D eigenvalue weighted by Crippen LogP contribution is -2.06. The van der Waals surface area contributed by atoms with Gasteiger partial charge < -0.3 is 4.90 Å². The molecule has 1 aromatic heterocycles. The van der Waals surface area contributed by atoms with E-state index in [-0.39, 0.29) is 0 Å². The predicted octanol–water partition coefficient (Wildman–Crippen LogP) is 4.20. The molecule has 0 saturated heterocycles. The molecular formula is C14H16FN3S. The highest BCUT2D eigenvalue weighted by molar-refractivity contribution is 7.17. The van der Waals surface area contributed by atoms with E-state index in [1.807, 2.05) is 21.0 Å². The van der Waals surface area contributed by atoms with Crippen molar-refractivity contribution in [1.29, 1.82) is 5.26 Å². The Kier molecular flexibility index (Phi) is 5.02. The van der Waals surface area contributed by atoms with Gasteiger partial charge in [0.15, 0.2) is 0 Å². The second-order valence-corrected chi connectivity index (χ2v) is 5.17. The topological polar surface area (TPSA) is 39.4 Å². The fraction of sp³-hybridized carbons (Fsp3) is 0.286. The van der Waals surface area contributed by atoms with Gasteiger partial charge in [0.05, 0.1) is 16.8 Å². The summed E-state index contributed by atoms with van der Waals surface area (Å²) in [5, 5.41) is 9.76. The second-order valence-electron chi connectivity index (χ2n) is 4.17. The fourth-order valence-corrected chi connectivity index (χ4v) is 2.49. The molecule has 0 aliphatic rings. The van der Waals surface area contributed by atoms with Gasteiger partial charge in [-0.1, -0.05) is 20.1 Å². The molecule has 0 amide bonds. The van der Waals surface area contributed by atoms with E-state index < -0.39 is 5.83 Å². The Labute approximate surface area is 117 Å². The lowest BCUT2D eigenvalue weighted by atomic mass is 10.0. The lowest BCUT2D eigenvalue weighted by molar-refractivity contribution is 0.643. The minimum Gasteiger partial charge on any atom is -0.369 e. The highest BCUT2D eigenvalue weighted by Crippen LogP contribution is 2.42. The van der Waals surface area contributed by atoms with E-state index in [0.29, 0.717) is 33.0 Å². The standard InChI is InChI=1S/C14H16FN3S/c1-6-9(2)12-11(7-16)14(17-8-18(4)5)19-13(12)10(3)15/h8H,2-3,6H2,1,4-5H3/b17-8+. The van der Waals surface area contributed by atoms with Crippen LogP contribution < -0.4 is 0 Å². The minimum absolute atomic E-state index is 0.342. The van der Waals surface area contributed by atoms with Crippen molar-refractivity contribution in [3.05, 3.63) is 29.2 Å². The average molecular weight is 277 g/mol. The maximum atomic E-state index is 13.5. The molecule has 0 unspecified atom stereocenters. The summed E-state index contributed by atoms with van der Waals surface area (Å²) in [7, 11) is 3.65. The van der Waals surface area contributed by atoms with Crippen molar-refractivity contribution in [2.75, 3.05) is 14.1 Å². The van der Waals surface area contributed by atoms with Gasteiger partial charge in [-0.3, -0.25) is 0 Å². The quantitative estimate of drug-likeness (QED) is 0.597. The molecule has 0 atom stereocenters. The van der Waals surface area contributed by atoms with Crippen LogP contribution >= 0.6 is 11.3 Å². The van der Waals surface area contributed by atoms with Crippen LogP contribution in [0.2, 0.25) is 0 Å². The number of allylic oxidation sites excluding steroid dienone is 1. The van der Waals surface area contributed by atoms with Crippen molar-refractivity contribution in [3.63, 3.8) is 0 Å². The van der Waals surface area contributed by atoms with Crippen molar-refractivity contribution in [2.45, 2.75) is 13.3 Å². The molecular weight excluding hydrogens is 261 g/mol. The van der Waals surface area contributed by atoms with Crippen molar-refractivity contribution >= 4 is 34.1 Å². The first-order valence-corrected chi connectivity index (χ1v) is 6.54. The van der Waals surface area contributed by atoms with Gasteiger partial charge in [-0.2, -0.15) is 5.26 Å². The Morgan fingerprint density at radius 3 is 2.58 bits per heavy atom. The van der Waals surface area contributed by atoms with Gasteiger partial charge in [-0.15, -0.1) is 11.3 Å². The van der Waals surface area contributed by atoms with E-state index in [1.165, 1.54) is 0 Å². The maximum Gasteiger partial charge on any atom is 0.136 e.